The second-order valence-corrected chi connectivity index (χ2v) is 6.10. The fraction of sp³-hybridized carbons (Fsp3) is 0.600. The molecular formula is C10H15N3O4S. The minimum atomic E-state index is -3.46. The second-order valence-electron chi connectivity index (χ2n) is 4.35. The molecule has 7 nitrogen and oxygen atoms in total. The van der Waals surface area contributed by atoms with Gasteiger partial charge >= 0.3 is 0 Å². The molecule has 0 aliphatic carbocycles. The van der Waals surface area contributed by atoms with Crippen molar-refractivity contribution in [3.8, 4) is 0 Å². The summed E-state index contributed by atoms with van der Waals surface area (Å²) in [6.07, 6.45) is 0.860. The van der Waals surface area contributed by atoms with Crippen LogP contribution in [0.15, 0.2) is 10.6 Å². The molecule has 18 heavy (non-hydrogen) atoms. The molecule has 1 unspecified atom stereocenters. The fourth-order valence-electron chi connectivity index (χ4n) is 1.81. The van der Waals surface area contributed by atoms with Gasteiger partial charge < -0.3 is 9.84 Å². The lowest BCUT2D eigenvalue weighted by atomic mass is 10.1. The van der Waals surface area contributed by atoms with Crippen LogP contribution in [0, 0.1) is 6.92 Å². The predicted molar refractivity (Wildman–Crippen MR) is 63.0 cm³/mol. The van der Waals surface area contributed by atoms with E-state index < -0.39 is 10.0 Å². The van der Waals surface area contributed by atoms with E-state index in [0.717, 1.165) is 0 Å². The van der Waals surface area contributed by atoms with Gasteiger partial charge in [0.15, 0.2) is 0 Å². The first kappa shape index (κ1) is 13.0. The molecule has 2 heterocycles. The van der Waals surface area contributed by atoms with Gasteiger partial charge in [0.25, 0.3) is 0 Å². The summed E-state index contributed by atoms with van der Waals surface area (Å²) in [5, 5.41) is 6.26. The molecule has 1 fully saturated rings. The Morgan fingerprint density at radius 1 is 1.61 bits per heavy atom. The van der Waals surface area contributed by atoms with Crippen molar-refractivity contribution in [2.75, 3.05) is 6.54 Å². The lowest BCUT2D eigenvalue weighted by Crippen LogP contribution is -2.47. The highest BCUT2D eigenvalue weighted by Gasteiger charge is 2.23. The van der Waals surface area contributed by atoms with Crippen molar-refractivity contribution in [3.05, 3.63) is 17.5 Å². The first-order valence-corrected chi connectivity index (χ1v) is 7.29. The van der Waals surface area contributed by atoms with Crippen LogP contribution in [0.3, 0.4) is 0 Å². The Morgan fingerprint density at radius 3 is 2.94 bits per heavy atom. The average molecular weight is 273 g/mol. The lowest BCUT2D eigenvalue weighted by Gasteiger charge is -2.22. The maximum atomic E-state index is 11.9. The summed E-state index contributed by atoms with van der Waals surface area (Å²) in [6.45, 7) is 2.03. The molecule has 2 rings (SSSR count). The number of aryl methyl sites for hydroxylation is 1. The van der Waals surface area contributed by atoms with E-state index in [0.29, 0.717) is 30.8 Å². The van der Waals surface area contributed by atoms with Gasteiger partial charge in [-0.3, -0.25) is 4.79 Å². The Bertz CT molecular complexity index is 527. The number of amides is 1. The third-order valence-electron chi connectivity index (χ3n) is 2.63. The molecule has 8 heteroatoms. The number of piperidine rings is 1. The molecule has 0 bridgehead atoms. The van der Waals surface area contributed by atoms with Gasteiger partial charge in [-0.2, -0.15) is 0 Å². The molecule has 0 radical (unpaired) electrons. The van der Waals surface area contributed by atoms with Gasteiger partial charge in [0.05, 0.1) is 0 Å². The molecule has 0 spiro atoms. The van der Waals surface area contributed by atoms with E-state index in [1.165, 1.54) is 0 Å². The molecule has 1 aromatic heterocycles. The van der Waals surface area contributed by atoms with Gasteiger partial charge in [0, 0.05) is 25.1 Å². The maximum Gasteiger partial charge on any atom is 0.220 e. The van der Waals surface area contributed by atoms with E-state index in [4.69, 9.17) is 4.52 Å². The number of nitrogens with one attached hydrogen (secondary N) is 2. The summed E-state index contributed by atoms with van der Waals surface area (Å²) in [6, 6.07) is 1.34. The zero-order chi connectivity index (χ0) is 13.2. The monoisotopic (exact) mass is 273 g/mol. The fourth-order valence-corrected chi connectivity index (χ4v) is 3.13. The van der Waals surface area contributed by atoms with Gasteiger partial charge in [-0.15, -0.1) is 0 Å². The quantitative estimate of drug-likeness (QED) is 0.783. The van der Waals surface area contributed by atoms with Crippen LogP contribution in [0.4, 0.5) is 0 Å². The molecule has 2 N–H and O–H groups in total. The highest BCUT2D eigenvalue weighted by molar-refractivity contribution is 7.88. The lowest BCUT2D eigenvalue weighted by molar-refractivity contribution is -0.122. The number of hydrogen-bond acceptors (Lipinski definition) is 5. The zero-order valence-electron chi connectivity index (χ0n) is 9.97. The molecule has 100 valence electrons. The van der Waals surface area contributed by atoms with Crippen molar-refractivity contribution in [2.45, 2.75) is 31.6 Å². The first-order valence-electron chi connectivity index (χ1n) is 5.63. The molecule has 1 aliphatic rings. The van der Waals surface area contributed by atoms with Crippen molar-refractivity contribution in [1.29, 1.82) is 0 Å². The normalized spacial score (nSPS) is 20.7. The topological polar surface area (TPSA) is 101 Å². The number of carbonyl (C=O) groups excluding carboxylic acids is 1. The minimum Gasteiger partial charge on any atom is -0.361 e. The van der Waals surface area contributed by atoms with Crippen molar-refractivity contribution >= 4 is 15.9 Å². The van der Waals surface area contributed by atoms with Crippen LogP contribution < -0.4 is 10.0 Å². The minimum absolute atomic E-state index is 0.0439. The van der Waals surface area contributed by atoms with E-state index in [1.807, 2.05) is 0 Å². The van der Waals surface area contributed by atoms with Crippen LogP contribution in [0.1, 0.15) is 24.3 Å². The summed E-state index contributed by atoms with van der Waals surface area (Å²) in [5.41, 5.74) is 0.375. The van der Waals surface area contributed by atoms with Crippen molar-refractivity contribution in [1.82, 2.24) is 15.2 Å². The molecule has 1 saturated heterocycles. The molecular weight excluding hydrogens is 258 g/mol. The second kappa shape index (κ2) is 5.07. The SMILES string of the molecule is Cc1cc(CS(=O)(=O)NC2CCC(=O)NC2)no1. The van der Waals surface area contributed by atoms with Crippen LogP contribution in [0.5, 0.6) is 0 Å². The van der Waals surface area contributed by atoms with E-state index in [2.05, 4.69) is 15.2 Å². The molecule has 0 saturated carbocycles. The summed E-state index contributed by atoms with van der Waals surface area (Å²) >= 11 is 0. The number of rotatable bonds is 4. The summed E-state index contributed by atoms with van der Waals surface area (Å²) in [4.78, 5) is 11.0. The number of sulfonamides is 1. The van der Waals surface area contributed by atoms with Gasteiger partial charge in [-0.25, -0.2) is 13.1 Å². The third-order valence-corrected chi connectivity index (χ3v) is 3.99. The number of aromatic nitrogens is 1. The van der Waals surface area contributed by atoms with Crippen LogP contribution >= 0.6 is 0 Å². The maximum absolute atomic E-state index is 11.9. The van der Waals surface area contributed by atoms with Crippen molar-refractivity contribution in [2.24, 2.45) is 0 Å². The Balaban J connectivity index is 1.93. The molecule has 0 aromatic carbocycles. The zero-order valence-corrected chi connectivity index (χ0v) is 10.8. The summed E-state index contributed by atoms with van der Waals surface area (Å²) in [5.74, 6) is 0.317. The van der Waals surface area contributed by atoms with Crippen LogP contribution in [-0.2, 0) is 20.6 Å². The number of hydrogen-bond donors (Lipinski definition) is 2. The van der Waals surface area contributed by atoms with Gasteiger partial charge in [-0.05, 0) is 13.3 Å². The number of nitrogens with zero attached hydrogens (tertiary/aromatic N) is 1. The van der Waals surface area contributed by atoms with E-state index in [9.17, 15) is 13.2 Å². The standard InChI is InChI=1S/C10H15N3O4S/c1-7-4-9(12-17-7)6-18(15,16)13-8-2-3-10(14)11-5-8/h4,8,13H,2-3,5-6H2,1H3,(H,11,14). The third kappa shape index (κ3) is 3.54. The first-order chi connectivity index (χ1) is 8.44. The highest BCUT2D eigenvalue weighted by Crippen LogP contribution is 2.09. The largest absolute Gasteiger partial charge is 0.361 e. The Labute approximate surface area is 105 Å². The van der Waals surface area contributed by atoms with Gasteiger partial charge in [0.2, 0.25) is 15.9 Å². The molecule has 1 atom stereocenters. The average Bonchev–Trinajstić information content (AvgIpc) is 2.66. The Kier molecular flexibility index (Phi) is 3.67. The molecule has 1 aromatic rings. The van der Waals surface area contributed by atoms with Crippen LogP contribution in [0.25, 0.3) is 0 Å². The smallest absolute Gasteiger partial charge is 0.220 e. The van der Waals surface area contributed by atoms with Crippen molar-refractivity contribution < 1.29 is 17.7 Å². The summed E-state index contributed by atoms with van der Waals surface area (Å²) in [7, 11) is -3.46. The van der Waals surface area contributed by atoms with Gasteiger partial charge in [-0.1, -0.05) is 5.16 Å². The van der Waals surface area contributed by atoms with Crippen LogP contribution in [0.2, 0.25) is 0 Å². The van der Waals surface area contributed by atoms with Crippen molar-refractivity contribution in [3.63, 3.8) is 0 Å². The molecule has 1 aliphatic heterocycles. The highest BCUT2D eigenvalue weighted by atomic mass is 32.2. The molecule has 1 amide bonds. The van der Waals surface area contributed by atoms with Crippen LogP contribution in [-0.4, -0.2) is 32.1 Å². The van der Waals surface area contributed by atoms with E-state index >= 15 is 0 Å². The van der Waals surface area contributed by atoms with E-state index in [-0.39, 0.29) is 17.7 Å². The summed E-state index contributed by atoms with van der Waals surface area (Å²) < 4.78 is 31.1. The van der Waals surface area contributed by atoms with Gasteiger partial charge in [0.1, 0.15) is 17.2 Å². The predicted octanol–water partition coefficient (Wildman–Crippen LogP) is -0.319. The Morgan fingerprint density at radius 2 is 2.39 bits per heavy atom. The Hall–Kier alpha value is -1.41. The van der Waals surface area contributed by atoms with E-state index in [1.54, 1.807) is 13.0 Å². The number of carbonyl (C=O) groups is 1.